The summed E-state index contributed by atoms with van der Waals surface area (Å²) in [6.45, 7) is 3.36. The summed E-state index contributed by atoms with van der Waals surface area (Å²) in [6.07, 6.45) is 0. The molecule has 3 nitrogen and oxygen atoms in total. The van der Waals surface area contributed by atoms with E-state index in [9.17, 15) is 4.79 Å². The van der Waals surface area contributed by atoms with Crippen LogP contribution in [-0.2, 0) is 0 Å². The van der Waals surface area contributed by atoms with Gasteiger partial charge in [-0.3, -0.25) is 4.79 Å². The molecule has 0 spiro atoms. The van der Waals surface area contributed by atoms with Crippen molar-refractivity contribution in [3.8, 4) is 11.5 Å². The number of benzene rings is 1. The lowest BCUT2D eigenvalue weighted by atomic mass is 10.0. The zero-order valence-corrected chi connectivity index (χ0v) is 10.8. The number of ketones is 1. The zero-order valence-electron chi connectivity index (χ0n) is 9.18. The molecule has 1 aromatic carbocycles. The number of methoxy groups -OCH3 is 2. The van der Waals surface area contributed by atoms with Gasteiger partial charge < -0.3 is 9.47 Å². The largest absolute Gasteiger partial charge is 0.493 e. The summed E-state index contributed by atoms with van der Waals surface area (Å²) < 4.78 is 11.1. The molecule has 0 bridgehead atoms. The number of rotatable bonds is 3. The van der Waals surface area contributed by atoms with Crippen LogP contribution in [-0.4, -0.2) is 20.0 Å². The Morgan fingerprint density at radius 3 is 2.33 bits per heavy atom. The van der Waals surface area contributed by atoms with Crippen LogP contribution in [0.5, 0.6) is 11.5 Å². The minimum Gasteiger partial charge on any atom is -0.493 e. The zero-order chi connectivity index (χ0) is 11.6. The normalized spacial score (nSPS) is 9.93. The molecule has 0 fully saturated rings. The van der Waals surface area contributed by atoms with Crippen LogP contribution < -0.4 is 9.47 Å². The van der Waals surface area contributed by atoms with E-state index in [-0.39, 0.29) is 5.78 Å². The maximum Gasteiger partial charge on any atom is 0.164 e. The third-order valence-corrected chi connectivity index (χ3v) is 2.84. The van der Waals surface area contributed by atoms with Gasteiger partial charge in [0.25, 0.3) is 0 Å². The highest BCUT2D eigenvalue weighted by Gasteiger charge is 2.17. The average molecular weight is 273 g/mol. The van der Waals surface area contributed by atoms with Gasteiger partial charge in [-0.05, 0) is 35.8 Å². The highest BCUT2D eigenvalue weighted by Crippen LogP contribution is 2.37. The first kappa shape index (κ1) is 12.0. The quantitative estimate of drug-likeness (QED) is 0.794. The minimum atomic E-state index is 0.000304. The molecule has 0 heterocycles. The van der Waals surface area contributed by atoms with Gasteiger partial charge in [-0.15, -0.1) is 0 Å². The number of Topliss-reactive ketones (excluding diaryl/α,β-unsaturated/α-hetero) is 1. The van der Waals surface area contributed by atoms with Crippen molar-refractivity contribution < 1.29 is 14.3 Å². The van der Waals surface area contributed by atoms with Gasteiger partial charge >= 0.3 is 0 Å². The Hall–Kier alpha value is -1.03. The molecule has 0 atom stereocenters. The number of hydrogen-bond acceptors (Lipinski definition) is 3. The van der Waals surface area contributed by atoms with E-state index in [0.717, 1.165) is 10.0 Å². The molecular weight excluding hydrogens is 260 g/mol. The van der Waals surface area contributed by atoms with Crippen molar-refractivity contribution in [3.63, 3.8) is 0 Å². The molecule has 0 aliphatic heterocycles. The van der Waals surface area contributed by atoms with Gasteiger partial charge in [0.15, 0.2) is 17.3 Å². The van der Waals surface area contributed by atoms with E-state index in [4.69, 9.17) is 9.47 Å². The topological polar surface area (TPSA) is 35.5 Å². The van der Waals surface area contributed by atoms with Gasteiger partial charge in [-0.2, -0.15) is 0 Å². The molecule has 0 amide bonds. The Bertz CT molecular complexity index is 399. The fourth-order valence-electron chi connectivity index (χ4n) is 1.57. The highest BCUT2D eigenvalue weighted by atomic mass is 79.9. The summed E-state index contributed by atoms with van der Waals surface area (Å²) in [7, 11) is 3.12. The van der Waals surface area contributed by atoms with E-state index in [1.54, 1.807) is 20.3 Å². The average Bonchev–Trinajstić information content (AvgIpc) is 2.16. The third-order valence-electron chi connectivity index (χ3n) is 2.21. The third kappa shape index (κ3) is 2.15. The molecular formula is C11H13BrO3. The summed E-state index contributed by atoms with van der Waals surface area (Å²) in [6, 6.07) is 1.74. The van der Waals surface area contributed by atoms with Crippen molar-refractivity contribution in [2.45, 2.75) is 13.8 Å². The number of halogens is 1. The molecule has 0 unspecified atom stereocenters. The van der Waals surface area contributed by atoms with Crippen LogP contribution in [0.2, 0.25) is 0 Å². The van der Waals surface area contributed by atoms with Gasteiger partial charge in [0.2, 0.25) is 0 Å². The van der Waals surface area contributed by atoms with Crippen molar-refractivity contribution in [1.82, 2.24) is 0 Å². The van der Waals surface area contributed by atoms with Crippen molar-refractivity contribution in [1.29, 1.82) is 0 Å². The molecule has 1 aromatic rings. The predicted octanol–water partition coefficient (Wildman–Crippen LogP) is 2.98. The van der Waals surface area contributed by atoms with E-state index in [1.165, 1.54) is 6.92 Å². The van der Waals surface area contributed by atoms with Crippen LogP contribution in [0.1, 0.15) is 22.8 Å². The Morgan fingerprint density at radius 2 is 1.93 bits per heavy atom. The van der Waals surface area contributed by atoms with Crippen molar-refractivity contribution in [3.05, 3.63) is 21.7 Å². The Balaban J connectivity index is 3.51. The molecule has 82 valence electrons. The predicted molar refractivity (Wildman–Crippen MR) is 62.0 cm³/mol. The SMILES string of the molecule is COc1cc(Br)c(C(C)=O)c(C)c1OC. The summed E-state index contributed by atoms with van der Waals surface area (Å²) >= 11 is 3.35. The van der Waals surface area contributed by atoms with E-state index in [0.29, 0.717) is 17.1 Å². The lowest BCUT2D eigenvalue weighted by Crippen LogP contribution is -2.02. The monoisotopic (exact) mass is 272 g/mol. The molecule has 0 saturated heterocycles. The molecule has 4 heteroatoms. The first-order chi connectivity index (χ1) is 7.02. The summed E-state index contributed by atoms with van der Waals surface area (Å²) in [5.74, 6) is 1.22. The lowest BCUT2D eigenvalue weighted by molar-refractivity contribution is 0.101. The maximum absolute atomic E-state index is 11.4. The van der Waals surface area contributed by atoms with Crippen LogP contribution in [0, 0.1) is 6.92 Å². The fraction of sp³-hybridized carbons (Fsp3) is 0.364. The van der Waals surface area contributed by atoms with E-state index >= 15 is 0 Å². The number of carbonyl (C=O) groups excluding carboxylic acids is 1. The summed E-state index contributed by atoms with van der Waals surface area (Å²) in [5, 5.41) is 0. The Morgan fingerprint density at radius 1 is 1.33 bits per heavy atom. The first-order valence-corrected chi connectivity index (χ1v) is 5.24. The van der Waals surface area contributed by atoms with Crippen molar-refractivity contribution in [2.75, 3.05) is 14.2 Å². The molecule has 0 radical (unpaired) electrons. The number of carbonyl (C=O) groups is 1. The highest BCUT2D eigenvalue weighted by molar-refractivity contribution is 9.10. The molecule has 1 rings (SSSR count). The van der Waals surface area contributed by atoms with E-state index in [2.05, 4.69) is 15.9 Å². The van der Waals surface area contributed by atoms with Crippen molar-refractivity contribution >= 4 is 21.7 Å². The second kappa shape index (κ2) is 4.66. The van der Waals surface area contributed by atoms with Gasteiger partial charge in [-0.1, -0.05) is 0 Å². The molecule has 0 aliphatic rings. The summed E-state index contributed by atoms with van der Waals surface area (Å²) in [4.78, 5) is 11.4. The molecule has 0 aliphatic carbocycles. The van der Waals surface area contributed by atoms with Crippen LogP contribution in [0.3, 0.4) is 0 Å². The van der Waals surface area contributed by atoms with Gasteiger partial charge in [-0.25, -0.2) is 0 Å². The van der Waals surface area contributed by atoms with E-state index in [1.807, 2.05) is 6.92 Å². The minimum absolute atomic E-state index is 0.000304. The first-order valence-electron chi connectivity index (χ1n) is 4.45. The second-order valence-electron chi connectivity index (χ2n) is 3.15. The molecule has 0 saturated carbocycles. The van der Waals surface area contributed by atoms with Gasteiger partial charge in [0, 0.05) is 15.6 Å². The summed E-state index contributed by atoms with van der Waals surface area (Å²) in [5.41, 5.74) is 1.42. The maximum atomic E-state index is 11.4. The van der Waals surface area contributed by atoms with Crippen molar-refractivity contribution in [2.24, 2.45) is 0 Å². The fourth-order valence-corrected chi connectivity index (χ4v) is 2.35. The van der Waals surface area contributed by atoms with Crippen LogP contribution >= 0.6 is 15.9 Å². The van der Waals surface area contributed by atoms with Crippen LogP contribution in [0.25, 0.3) is 0 Å². The number of hydrogen-bond donors (Lipinski definition) is 0. The number of ether oxygens (including phenoxy) is 2. The van der Waals surface area contributed by atoms with Gasteiger partial charge in [0.1, 0.15) is 0 Å². The molecule has 0 N–H and O–H groups in total. The Labute approximate surface area is 97.5 Å². The Kier molecular flexibility index (Phi) is 3.74. The lowest BCUT2D eigenvalue weighted by Gasteiger charge is -2.14. The molecule has 0 aromatic heterocycles. The van der Waals surface area contributed by atoms with Crippen LogP contribution in [0.4, 0.5) is 0 Å². The second-order valence-corrected chi connectivity index (χ2v) is 4.00. The van der Waals surface area contributed by atoms with E-state index < -0.39 is 0 Å². The smallest absolute Gasteiger partial charge is 0.164 e. The molecule has 15 heavy (non-hydrogen) atoms. The van der Waals surface area contributed by atoms with Crippen LogP contribution in [0.15, 0.2) is 10.5 Å². The standard InChI is InChI=1S/C11H13BrO3/c1-6-10(7(2)13)8(12)5-9(14-3)11(6)15-4/h5H,1-4H3. The van der Waals surface area contributed by atoms with Gasteiger partial charge in [0.05, 0.1) is 14.2 Å².